The van der Waals surface area contributed by atoms with Crippen LogP contribution in [-0.2, 0) is 17.8 Å². The average Bonchev–Trinajstić information content (AvgIpc) is 3.27. The second-order valence-corrected chi connectivity index (χ2v) is 15.1. The highest BCUT2D eigenvalue weighted by Gasteiger charge is 2.29. The molecule has 4 aromatic carbocycles. The number of nitrogens with two attached hydrogens (primary N) is 1. The van der Waals surface area contributed by atoms with Crippen LogP contribution in [0.5, 0.6) is 0 Å². The van der Waals surface area contributed by atoms with Gasteiger partial charge in [-0.05, 0) is 67.7 Å². The first-order chi connectivity index (χ1) is 28.8. The van der Waals surface area contributed by atoms with Crippen molar-refractivity contribution < 1.29 is 32.7 Å². The molecule has 320 valence electrons. The maximum absolute atomic E-state index is 14.7. The molecule has 16 heteroatoms. The van der Waals surface area contributed by atoms with Crippen LogP contribution in [0.3, 0.4) is 0 Å². The molecule has 0 spiro atoms. The van der Waals surface area contributed by atoms with Gasteiger partial charge in [0.15, 0.2) is 5.78 Å². The lowest BCUT2D eigenvalue weighted by Gasteiger charge is -2.37. The number of carbonyl (C=O) groups is 4. The van der Waals surface area contributed by atoms with E-state index in [0.717, 1.165) is 45.3 Å². The number of hydrogen-bond acceptors (Lipinski definition) is 8. The average molecular weight is 867 g/mol. The number of ether oxygens (including phenoxy) is 1. The van der Waals surface area contributed by atoms with Gasteiger partial charge in [0.1, 0.15) is 11.6 Å². The Morgan fingerprint density at radius 1 is 0.633 bits per heavy atom. The van der Waals surface area contributed by atoms with E-state index in [2.05, 4.69) is 28.4 Å². The molecule has 0 aromatic heterocycles. The van der Waals surface area contributed by atoms with E-state index in [4.69, 9.17) is 28.9 Å². The minimum Gasteiger partial charge on any atom is -0.465 e. The molecule has 0 aliphatic carbocycles. The fraction of sp³-hybridized carbons (Fsp3) is 0.364. The van der Waals surface area contributed by atoms with Gasteiger partial charge in [-0.15, -0.1) is 0 Å². The molecule has 2 aliphatic rings. The van der Waals surface area contributed by atoms with Gasteiger partial charge in [0, 0.05) is 90.5 Å². The molecule has 60 heavy (non-hydrogen) atoms. The van der Waals surface area contributed by atoms with Crippen molar-refractivity contribution in [3.63, 3.8) is 0 Å². The predicted molar refractivity (Wildman–Crippen MR) is 231 cm³/mol. The molecule has 0 atom stereocenters. The topological polar surface area (TPSA) is 123 Å². The van der Waals surface area contributed by atoms with Gasteiger partial charge in [-0.2, -0.15) is 0 Å². The lowest BCUT2D eigenvalue weighted by Crippen LogP contribution is -2.52. The number of carbonyl (C=O) groups excluding carboxylic acids is 4. The number of benzene rings is 4. The molecule has 0 radical (unpaired) electrons. The maximum atomic E-state index is 14.7. The fourth-order valence-corrected chi connectivity index (χ4v) is 7.28. The number of likely N-dealkylation sites (N-methyl/N-ethyl adjacent to an activating group) is 2. The molecule has 4 amide bonds. The van der Waals surface area contributed by atoms with Gasteiger partial charge >= 0.3 is 18.0 Å². The Morgan fingerprint density at radius 2 is 1.05 bits per heavy atom. The van der Waals surface area contributed by atoms with E-state index in [1.54, 1.807) is 58.3 Å². The van der Waals surface area contributed by atoms with Crippen LogP contribution >= 0.6 is 23.2 Å². The summed E-state index contributed by atoms with van der Waals surface area (Å²) in [5.41, 5.74) is 7.48. The number of halogens is 4. The number of rotatable bonds is 11. The third kappa shape index (κ3) is 12.0. The molecule has 2 fully saturated rings. The summed E-state index contributed by atoms with van der Waals surface area (Å²) in [5, 5.41) is 0.980. The van der Waals surface area contributed by atoms with E-state index < -0.39 is 17.6 Å². The van der Waals surface area contributed by atoms with Crippen molar-refractivity contribution in [2.75, 3.05) is 88.9 Å². The lowest BCUT2D eigenvalue weighted by molar-refractivity contribution is 0.0600. The van der Waals surface area contributed by atoms with Crippen molar-refractivity contribution in [2.45, 2.75) is 26.9 Å². The van der Waals surface area contributed by atoms with Gasteiger partial charge in [-0.1, -0.05) is 67.4 Å². The largest absolute Gasteiger partial charge is 0.465 e. The predicted octanol–water partition coefficient (Wildman–Crippen LogP) is 7.41. The molecule has 12 nitrogen and oxygen atoms in total. The number of nitrogens with zero attached hydrogens (tertiary/aromatic N) is 6. The van der Waals surface area contributed by atoms with Crippen LogP contribution < -0.4 is 15.5 Å². The van der Waals surface area contributed by atoms with Crippen molar-refractivity contribution in [3.8, 4) is 0 Å². The molecule has 0 unspecified atom stereocenters. The SMILES string of the molecule is CCN1CCN(C(=O)N(Cc2ccc(C(=O)CN)cc2F)c2cccc(Cl)c2)CC1.CCN1CCN(C(=O)N(Cc2ccc(C(=O)OC)cc2F)c2cccc(Cl)c2)CC1. The second kappa shape index (κ2) is 21.9. The van der Waals surface area contributed by atoms with E-state index in [1.807, 2.05) is 0 Å². The zero-order valence-electron chi connectivity index (χ0n) is 34.1. The van der Waals surface area contributed by atoms with E-state index in [0.29, 0.717) is 58.7 Å². The molecule has 6 rings (SSSR count). The van der Waals surface area contributed by atoms with Crippen LogP contribution in [0.1, 0.15) is 45.7 Å². The molecular weight excluding hydrogens is 815 g/mol. The first-order valence-electron chi connectivity index (χ1n) is 19.8. The number of anilines is 2. The van der Waals surface area contributed by atoms with E-state index in [-0.39, 0.29) is 48.6 Å². The maximum Gasteiger partial charge on any atom is 0.337 e. The number of amides is 4. The number of methoxy groups -OCH3 is 1. The van der Waals surface area contributed by atoms with E-state index >= 15 is 0 Å². The summed E-state index contributed by atoms with van der Waals surface area (Å²) < 4.78 is 34.1. The van der Waals surface area contributed by atoms with E-state index in [9.17, 15) is 28.0 Å². The molecule has 2 N–H and O–H groups in total. The van der Waals surface area contributed by atoms with Gasteiger partial charge in [0.05, 0.1) is 32.3 Å². The standard InChI is InChI=1S/C22H26ClFN4O2.C22H25ClFN3O3/c1-2-26-8-10-27(11-9-26)22(30)28(19-5-3-4-18(23)13-19)15-17-7-6-16(12-20(17)24)21(29)14-25;1-3-25-9-11-26(12-10-25)22(29)27(19-6-4-5-18(23)14-19)15-17-8-7-16(13-20(17)24)21(28)30-2/h3-7,12-13H,2,8-11,14-15,25H2,1H3;4-8,13-14H,3,9-12,15H2,1-2H3. The normalized spacial score (nSPS) is 14.5. The summed E-state index contributed by atoms with van der Waals surface area (Å²) in [5.74, 6) is -2.08. The number of ketones is 1. The third-order valence-corrected chi connectivity index (χ3v) is 11.0. The molecule has 2 heterocycles. The first kappa shape index (κ1) is 46.0. The Balaban J connectivity index is 0.000000228. The fourth-order valence-electron chi connectivity index (χ4n) is 6.91. The zero-order chi connectivity index (χ0) is 43.3. The Hall–Kier alpha value is -5.12. The minimum absolute atomic E-state index is 0.0143. The van der Waals surface area contributed by atoms with Crippen molar-refractivity contribution >= 4 is 58.4 Å². The minimum atomic E-state index is -0.614. The van der Waals surface area contributed by atoms with E-state index in [1.165, 1.54) is 47.2 Å². The highest BCUT2D eigenvalue weighted by atomic mass is 35.5. The van der Waals surface area contributed by atoms with Crippen LogP contribution in [0.4, 0.5) is 29.7 Å². The Kier molecular flexibility index (Phi) is 16.8. The van der Waals surface area contributed by atoms with Gasteiger partial charge in [0.25, 0.3) is 0 Å². The van der Waals surface area contributed by atoms with Gasteiger partial charge < -0.3 is 30.1 Å². The van der Waals surface area contributed by atoms with Crippen molar-refractivity contribution in [2.24, 2.45) is 5.73 Å². The van der Waals surface area contributed by atoms with Gasteiger partial charge in [0.2, 0.25) is 0 Å². The number of Topliss-reactive ketones (excluding diaryl/α,β-unsaturated/α-hetero) is 1. The number of piperazine rings is 2. The van der Waals surface area contributed by atoms with Crippen molar-refractivity contribution in [1.29, 1.82) is 0 Å². The van der Waals surface area contributed by atoms with Crippen LogP contribution in [0.15, 0.2) is 84.9 Å². The number of urea groups is 2. The molecule has 2 aliphatic heterocycles. The Labute approximate surface area is 359 Å². The van der Waals surface area contributed by atoms with Gasteiger partial charge in [-0.25, -0.2) is 23.2 Å². The van der Waals surface area contributed by atoms with Crippen molar-refractivity contribution in [3.05, 3.63) is 129 Å². The molecule has 4 aromatic rings. The second-order valence-electron chi connectivity index (χ2n) is 14.3. The molecule has 2 saturated heterocycles. The van der Waals surface area contributed by atoms with Crippen molar-refractivity contribution in [1.82, 2.24) is 19.6 Å². The number of hydrogen-bond donors (Lipinski definition) is 1. The van der Waals surface area contributed by atoms with Crippen LogP contribution in [0, 0.1) is 11.6 Å². The summed E-state index contributed by atoms with van der Waals surface area (Å²) in [6.07, 6.45) is 0. The van der Waals surface area contributed by atoms with Crippen LogP contribution in [0.25, 0.3) is 0 Å². The highest BCUT2D eigenvalue weighted by Crippen LogP contribution is 2.27. The summed E-state index contributed by atoms with van der Waals surface area (Å²) in [6, 6.07) is 21.8. The number of esters is 1. The first-order valence-corrected chi connectivity index (χ1v) is 20.6. The Morgan fingerprint density at radius 3 is 1.42 bits per heavy atom. The quantitative estimate of drug-likeness (QED) is 0.122. The summed E-state index contributed by atoms with van der Waals surface area (Å²) >= 11 is 12.3. The third-order valence-electron chi connectivity index (χ3n) is 10.6. The smallest absolute Gasteiger partial charge is 0.337 e. The monoisotopic (exact) mass is 865 g/mol. The highest BCUT2D eigenvalue weighted by molar-refractivity contribution is 6.31. The molecule has 0 bridgehead atoms. The van der Waals surface area contributed by atoms with Crippen LogP contribution in [-0.4, -0.2) is 123 Å². The summed E-state index contributed by atoms with van der Waals surface area (Å²) in [4.78, 5) is 61.2. The molecular formula is C44H51Cl2F2N7O5. The van der Waals surface area contributed by atoms with Crippen LogP contribution in [0.2, 0.25) is 10.0 Å². The zero-order valence-corrected chi connectivity index (χ0v) is 35.6. The summed E-state index contributed by atoms with van der Waals surface area (Å²) in [6.45, 7) is 11.6. The molecule has 0 saturated carbocycles. The summed E-state index contributed by atoms with van der Waals surface area (Å²) in [7, 11) is 1.24. The Bertz CT molecular complexity index is 1980. The van der Waals surface area contributed by atoms with Gasteiger partial charge in [-0.3, -0.25) is 14.6 Å². The lowest BCUT2D eigenvalue weighted by atomic mass is 10.1.